The minimum Gasteiger partial charge on any atom is -0.352 e. The molecule has 0 aliphatic carbocycles. The summed E-state index contributed by atoms with van der Waals surface area (Å²) >= 11 is 0. The largest absolute Gasteiger partial charge is 0.352 e. The van der Waals surface area contributed by atoms with Gasteiger partial charge in [0.1, 0.15) is 23.5 Å². The van der Waals surface area contributed by atoms with Crippen LogP contribution in [-0.2, 0) is 0 Å². The van der Waals surface area contributed by atoms with Gasteiger partial charge in [-0.1, -0.05) is 0 Å². The summed E-state index contributed by atoms with van der Waals surface area (Å²) in [6.45, 7) is 0. The molecule has 0 aliphatic rings. The highest BCUT2D eigenvalue weighted by Crippen LogP contribution is 2.27. The lowest BCUT2D eigenvalue weighted by atomic mass is 10.1. The second kappa shape index (κ2) is 3.68. The second-order valence-corrected chi connectivity index (χ2v) is 3.51. The third-order valence-corrected chi connectivity index (χ3v) is 2.52. The highest BCUT2D eigenvalue weighted by atomic mass is 14.8. The van der Waals surface area contributed by atoms with Crippen molar-refractivity contribution in [3.63, 3.8) is 0 Å². The quantitative estimate of drug-likeness (QED) is 0.680. The standard InChI is InChI=1S/C12H7N5/c13-4-9-11(8-5-14-7-15-6-8)17-10-2-1-3-16-12(9)10/h1-3,5-7,17H. The van der Waals surface area contributed by atoms with Crippen molar-refractivity contribution < 1.29 is 0 Å². The number of hydrogen-bond acceptors (Lipinski definition) is 4. The molecular formula is C12H7N5. The lowest BCUT2D eigenvalue weighted by Gasteiger charge is -1.95. The van der Waals surface area contributed by atoms with Crippen molar-refractivity contribution in [3.8, 4) is 17.3 Å². The molecule has 0 atom stereocenters. The first-order chi connectivity index (χ1) is 8.40. The molecule has 3 rings (SSSR count). The summed E-state index contributed by atoms with van der Waals surface area (Å²) in [5.41, 5.74) is 3.52. The van der Waals surface area contributed by atoms with Crippen LogP contribution >= 0.6 is 0 Å². The van der Waals surface area contributed by atoms with Gasteiger partial charge in [0.05, 0.1) is 11.2 Å². The van der Waals surface area contributed by atoms with Crippen molar-refractivity contribution >= 4 is 11.0 Å². The van der Waals surface area contributed by atoms with E-state index in [-0.39, 0.29) is 0 Å². The Hall–Kier alpha value is -2.74. The molecule has 0 saturated carbocycles. The van der Waals surface area contributed by atoms with Crippen molar-refractivity contribution in [3.05, 3.63) is 42.6 Å². The zero-order valence-corrected chi connectivity index (χ0v) is 8.75. The average Bonchev–Trinajstić information content (AvgIpc) is 2.78. The molecule has 5 nitrogen and oxygen atoms in total. The van der Waals surface area contributed by atoms with Crippen LogP contribution in [0.25, 0.3) is 22.3 Å². The van der Waals surface area contributed by atoms with Crippen molar-refractivity contribution in [2.24, 2.45) is 0 Å². The predicted molar refractivity (Wildman–Crippen MR) is 61.8 cm³/mol. The molecule has 0 bridgehead atoms. The molecule has 0 fully saturated rings. The third kappa shape index (κ3) is 1.43. The summed E-state index contributed by atoms with van der Waals surface area (Å²) in [4.78, 5) is 15.3. The maximum atomic E-state index is 9.22. The number of H-pyrrole nitrogens is 1. The van der Waals surface area contributed by atoms with Gasteiger partial charge < -0.3 is 4.98 Å². The van der Waals surface area contributed by atoms with Crippen LogP contribution in [0.1, 0.15) is 5.56 Å². The normalized spacial score (nSPS) is 10.3. The van der Waals surface area contributed by atoms with E-state index in [1.54, 1.807) is 18.6 Å². The Bertz CT molecular complexity index is 709. The van der Waals surface area contributed by atoms with Crippen molar-refractivity contribution in [1.29, 1.82) is 5.26 Å². The van der Waals surface area contributed by atoms with Gasteiger partial charge in [0.25, 0.3) is 0 Å². The van der Waals surface area contributed by atoms with E-state index in [1.165, 1.54) is 6.33 Å². The van der Waals surface area contributed by atoms with E-state index in [0.717, 1.165) is 11.1 Å². The highest BCUT2D eigenvalue weighted by Gasteiger charge is 2.13. The summed E-state index contributed by atoms with van der Waals surface area (Å²) in [6, 6.07) is 5.88. The maximum absolute atomic E-state index is 9.22. The Morgan fingerprint density at radius 3 is 2.82 bits per heavy atom. The van der Waals surface area contributed by atoms with E-state index in [0.29, 0.717) is 16.8 Å². The Labute approximate surface area is 96.8 Å². The summed E-state index contributed by atoms with van der Waals surface area (Å²) in [6.07, 6.45) is 6.45. The molecular weight excluding hydrogens is 214 g/mol. The molecule has 0 radical (unpaired) electrons. The fraction of sp³-hybridized carbons (Fsp3) is 0. The first kappa shape index (κ1) is 9.48. The van der Waals surface area contributed by atoms with Crippen molar-refractivity contribution in [2.45, 2.75) is 0 Å². The van der Waals surface area contributed by atoms with Gasteiger partial charge in [-0.3, -0.25) is 4.98 Å². The first-order valence-corrected chi connectivity index (χ1v) is 5.02. The minimum absolute atomic E-state index is 0.524. The lowest BCUT2D eigenvalue weighted by molar-refractivity contribution is 1.16. The van der Waals surface area contributed by atoms with Crippen LogP contribution in [0.3, 0.4) is 0 Å². The molecule has 80 valence electrons. The van der Waals surface area contributed by atoms with E-state index in [9.17, 15) is 5.26 Å². The van der Waals surface area contributed by atoms with Gasteiger partial charge in [0, 0.05) is 24.2 Å². The summed E-state index contributed by atoms with van der Waals surface area (Å²) in [7, 11) is 0. The molecule has 0 amide bonds. The van der Waals surface area contributed by atoms with Gasteiger partial charge in [-0.05, 0) is 12.1 Å². The number of pyridine rings is 1. The second-order valence-electron chi connectivity index (χ2n) is 3.51. The van der Waals surface area contributed by atoms with Crippen LogP contribution in [-0.4, -0.2) is 19.9 Å². The van der Waals surface area contributed by atoms with E-state index < -0.39 is 0 Å². The maximum Gasteiger partial charge on any atom is 0.115 e. The van der Waals surface area contributed by atoms with E-state index in [4.69, 9.17) is 0 Å². The molecule has 5 heteroatoms. The number of aromatic amines is 1. The minimum atomic E-state index is 0.524. The molecule has 3 aromatic rings. The SMILES string of the molecule is N#Cc1c(-c2cncnc2)[nH]c2cccnc12. The number of fused-ring (bicyclic) bond motifs is 1. The number of hydrogen-bond donors (Lipinski definition) is 1. The van der Waals surface area contributed by atoms with Gasteiger partial charge in [-0.25, -0.2) is 9.97 Å². The Kier molecular flexibility index (Phi) is 2.06. The zero-order chi connectivity index (χ0) is 11.7. The van der Waals surface area contributed by atoms with Gasteiger partial charge in [-0.2, -0.15) is 5.26 Å². The van der Waals surface area contributed by atoms with E-state index in [1.807, 2.05) is 12.1 Å². The van der Waals surface area contributed by atoms with Crippen LogP contribution in [0.15, 0.2) is 37.1 Å². The van der Waals surface area contributed by atoms with E-state index >= 15 is 0 Å². The van der Waals surface area contributed by atoms with Crippen molar-refractivity contribution in [2.75, 3.05) is 0 Å². The topological polar surface area (TPSA) is 78.2 Å². The molecule has 0 spiro atoms. The molecule has 0 aromatic carbocycles. The number of rotatable bonds is 1. The Morgan fingerprint density at radius 1 is 1.24 bits per heavy atom. The number of aromatic nitrogens is 4. The molecule has 3 heterocycles. The summed E-state index contributed by atoms with van der Waals surface area (Å²) in [5, 5.41) is 9.22. The molecule has 3 aromatic heterocycles. The molecule has 1 N–H and O–H groups in total. The zero-order valence-electron chi connectivity index (χ0n) is 8.75. The molecule has 0 saturated heterocycles. The van der Waals surface area contributed by atoms with Crippen LogP contribution in [0.5, 0.6) is 0 Å². The number of nitrogens with zero attached hydrogens (tertiary/aromatic N) is 4. The lowest BCUT2D eigenvalue weighted by Crippen LogP contribution is -1.84. The predicted octanol–water partition coefficient (Wildman–Crippen LogP) is 1.89. The molecule has 0 aliphatic heterocycles. The first-order valence-electron chi connectivity index (χ1n) is 5.02. The van der Waals surface area contributed by atoms with Gasteiger partial charge >= 0.3 is 0 Å². The van der Waals surface area contributed by atoms with Crippen LogP contribution in [0, 0.1) is 11.3 Å². The third-order valence-electron chi connectivity index (χ3n) is 2.52. The van der Waals surface area contributed by atoms with Crippen LogP contribution < -0.4 is 0 Å². The van der Waals surface area contributed by atoms with Crippen molar-refractivity contribution in [1.82, 2.24) is 19.9 Å². The van der Waals surface area contributed by atoms with E-state index in [2.05, 4.69) is 26.0 Å². The summed E-state index contributed by atoms with van der Waals surface area (Å²) in [5.74, 6) is 0. The molecule has 17 heavy (non-hydrogen) atoms. The van der Waals surface area contributed by atoms with Gasteiger partial charge in [0.2, 0.25) is 0 Å². The molecule has 0 unspecified atom stereocenters. The fourth-order valence-corrected chi connectivity index (χ4v) is 1.77. The van der Waals surface area contributed by atoms with Crippen LogP contribution in [0.2, 0.25) is 0 Å². The Morgan fingerprint density at radius 2 is 2.06 bits per heavy atom. The Balaban J connectivity index is 2.35. The smallest absolute Gasteiger partial charge is 0.115 e. The van der Waals surface area contributed by atoms with Crippen LogP contribution in [0.4, 0.5) is 0 Å². The number of nitrogens with one attached hydrogen (secondary N) is 1. The van der Waals surface area contributed by atoms with Gasteiger partial charge in [0.15, 0.2) is 0 Å². The average molecular weight is 221 g/mol. The number of nitriles is 1. The fourth-order valence-electron chi connectivity index (χ4n) is 1.77. The monoisotopic (exact) mass is 221 g/mol. The summed E-state index contributed by atoms with van der Waals surface area (Å²) < 4.78 is 0. The van der Waals surface area contributed by atoms with Gasteiger partial charge in [-0.15, -0.1) is 0 Å². The highest BCUT2D eigenvalue weighted by molar-refractivity contribution is 5.90.